The summed E-state index contributed by atoms with van der Waals surface area (Å²) in [5, 5.41) is 3.00. The first-order chi connectivity index (χ1) is 49.7. The average molecular weight is 1470 g/mol. The molecule has 4 aromatic carbocycles. The van der Waals surface area contributed by atoms with Crippen molar-refractivity contribution in [3.63, 3.8) is 0 Å². The van der Waals surface area contributed by atoms with Gasteiger partial charge in [-0.05, 0) is 171 Å². The highest BCUT2D eigenvalue weighted by atomic mass is 32.2. The standard InChI is InChI=1S/C51H83N3O8.C34H46N4O2S2/c1-6-7-8-9-11-16-23-45(56)42-35-43(49(60-31-22-15-19-28-53)37-48(42)59-30-21-14-18-27-52)46(57)24-17-12-10-13-20-29-54-51(58)44-34-41(38-55)47(61-32-25-39(2)3)36-50(44)62-33-26-40(4)5;1-21-14-25(33(2,3)4)15-23(31(21)41-12-9-35)18-29(39)22-8-11-38-28(17-22)30(40)19-24-16-26(34(5,6)7)20-27(37)32(24)42-13-10-36/h34-40H,6-33,52-53H2,1-5H3,(H,54,58);8,11,14-17,20H,9-10,12-13,18-19,35-37H2,1-7H3. The number of hydrogen-bond acceptors (Lipinski definition) is 18. The van der Waals surface area contributed by atoms with Crippen molar-refractivity contribution in [1.29, 1.82) is 0 Å². The first-order valence-corrected chi connectivity index (χ1v) is 40.5. The SMILES string of the molecule is CCCCCCCCC(=O)c1cc(C(=O)CCCCCCCNC(=O)c2cc(C=O)c(OCCC(C)C)cc2OCCC(C)C)c(OCCCCCN)cc1OCCCCCN.Cc1cc(C(C)(C)C)cc(CC(=O)c2ccnc(C(=O)Cc3cc(C(C)(C)C)cc(N)c3SCCN)c2)c1SCCN. The topological polar surface area (TPSA) is 294 Å². The fourth-order valence-electron chi connectivity index (χ4n) is 11.6. The molecule has 5 aromatic rings. The van der Waals surface area contributed by atoms with Gasteiger partial charge in [-0.15, -0.1) is 23.5 Å². The minimum Gasteiger partial charge on any atom is -0.493 e. The second kappa shape index (κ2) is 48.6. The zero-order valence-corrected chi connectivity index (χ0v) is 67.0. The van der Waals surface area contributed by atoms with Crippen LogP contribution in [0.4, 0.5) is 5.69 Å². The van der Waals surface area contributed by atoms with Crippen LogP contribution in [0, 0.1) is 18.8 Å². The first-order valence-electron chi connectivity index (χ1n) is 38.5. The Morgan fingerprint density at radius 1 is 0.510 bits per heavy atom. The molecule has 0 unspecified atom stereocenters. The third kappa shape index (κ3) is 32.2. The number of aldehydes is 1. The molecule has 0 aliphatic carbocycles. The summed E-state index contributed by atoms with van der Waals surface area (Å²) < 4.78 is 24.4. The number of amides is 1. The second-order valence-electron chi connectivity index (χ2n) is 30.2. The number of carbonyl (C=O) groups is 6. The fourth-order valence-corrected chi connectivity index (χ4v) is 13.4. The Morgan fingerprint density at radius 3 is 1.51 bits per heavy atom. The summed E-state index contributed by atoms with van der Waals surface area (Å²) in [6, 6.07) is 18.4. The number of nitrogen functional groups attached to an aromatic ring is 1. The summed E-state index contributed by atoms with van der Waals surface area (Å²) in [6.45, 7) is 30.2. The predicted molar refractivity (Wildman–Crippen MR) is 431 cm³/mol. The van der Waals surface area contributed by atoms with Crippen molar-refractivity contribution in [2.45, 2.75) is 251 Å². The molecule has 0 aliphatic heterocycles. The van der Waals surface area contributed by atoms with Crippen LogP contribution in [-0.2, 0) is 23.7 Å². The molecule has 17 nitrogen and oxygen atoms in total. The average Bonchev–Trinajstić information content (AvgIpc) is 0.835. The number of pyridine rings is 1. The number of benzene rings is 4. The number of aromatic nitrogens is 1. The van der Waals surface area contributed by atoms with Gasteiger partial charge in [-0.1, -0.05) is 146 Å². The number of thioether (sulfide) groups is 2. The number of nitrogens with zero attached hydrogens (tertiary/aromatic N) is 1. The molecule has 104 heavy (non-hydrogen) atoms. The van der Waals surface area contributed by atoms with Gasteiger partial charge < -0.3 is 52.9 Å². The molecule has 1 aromatic heterocycles. The number of rotatable bonds is 51. The summed E-state index contributed by atoms with van der Waals surface area (Å²) in [4.78, 5) is 86.4. The smallest absolute Gasteiger partial charge is 0.255 e. The van der Waals surface area contributed by atoms with Crippen LogP contribution in [0.3, 0.4) is 0 Å². The molecule has 0 radical (unpaired) electrons. The Bertz CT molecular complexity index is 3360. The summed E-state index contributed by atoms with van der Waals surface area (Å²) in [6.07, 6.45) is 20.9. The number of Topliss-reactive ketones (excluding diaryl/α,β-unsaturated/α-hetero) is 4. The number of hydrogen-bond donors (Lipinski definition) is 6. The fraction of sp³-hybridized carbons (Fsp3) is 0.588. The van der Waals surface area contributed by atoms with E-state index in [2.05, 4.69) is 112 Å². The van der Waals surface area contributed by atoms with Gasteiger partial charge in [-0.25, -0.2) is 0 Å². The number of carbonyl (C=O) groups excluding carboxylic acids is 6. The van der Waals surface area contributed by atoms with E-state index in [1.54, 1.807) is 66.1 Å². The molecule has 0 aliphatic rings. The molecule has 1 amide bonds. The van der Waals surface area contributed by atoms with Gasteiger partial charge in [-0.2, -0.15) is 0 Å². The zero-order chi connectivity index (χ0) is 76.6. The summed E-state index contributed by atoms with van der Waals surface area (Å²) in [7, 11) is 0. The van der Waals surface area contributed by atoms with Crippen LogP contribution in [0.15, 0.2) is 76.7 Å². The van der Waals surface area contributed by atoms with Crippen molar-refractivity contribution in [3.05, 3.63) is 128 Å². The molecular weight excluding hydrogens is 1340 g/mol. The molecule has 576 valence electrons. The normalized spacial score (nSPS) is 11.6. The number of ketones is 4. The van der Waals surface area contributed by atoms with Crippen LogP contribution in [0.1, 0.15) is 301 Å². The van der Waals surface area contributed by atoms with Crippen LogP contribution in [0.2, 0.25) is 0 Å². The Hall–Kier alpha value is -6.61. The number of aryl methyl sites for hydroxylation is 1. The molecule has 0 saturated heterocycles. The van der Waals surface area contributed by atoms with Crippen molar-refractivity contribution < 1.29 is 47.7 Å². The van der Waals surface area contributed by atoms with Gasteiger partial charge in [0.1, 0.15) is 28.7 Å². The highest BCUT2D eigenvalue weighted by molar-refractivity contribution is 7.99. The van der Waals surface area contributed by atoms with Crippen LogP contribution >= 0.6 is 23.5 Å². The molecule has 0 fully saturated rings. The predicted octanol–water partition coefficient (Wildman–Crippen LogP) is 17.8. The third-order valence-electron chi connectivity index (χ3n) is 18.0. The van der Waals surface area contributed by atoms with Gasteiger partial charge in [0.15, 0.2) is 29.4 Å². The lowest BCUT2D eigenvalue weighted by Crippen LogP contribution is -2.25. The lowest BCUT2D eigenvalue weighted by Gasteiger charge is -2.23. The van der Waals surface area contributed by atoms with Gasteiger partial charge in [0.05, 0.1) is 48.7 Å². The Labute approximate surface area is 632 Å². The molecule has 0 saturated carbocycles. The molecule has 11 N–H and O–H groups in total. The molecule has 19 heteroatoms. The largest absolute Gasteiger partial charge is 0.493 e. The summed E-state index contributed by atoms with van der Waals surface area (Å²) in [5.41, 5.74) is 37.4. The molecule has 0 spiro atoms. The summed E-state index contributed by atoms with van der Waals surface area (Å²) in [5.74, 6) is 3.59. The van der Waals surface area contributed by atoms with Crippen LogP contribution in [-0.4, -0.2) is 111 Å². The summed E-state index contributed by atoms with van der Waals surface area (Å²) >= 11 is 3.25. The monoisotopic (exact) mass is 1470 g/mol. The first kappa shape index (κ1) is 89.8. The lowest BCUT2D eigenvalue weighted by atomic mass is 9.84. The minimum atomic E-state index is -0.294. The zero-order valence-electron chi connectivity index (χ0n) is 65.4. The van der Waals surface area contributed by atoms with Crippen molar-refractivity contribution >= 4 is 64.5 Å². The second-order valence-corrected chi connectivity index (χ2v) is 32.4. The van der Waals surface area contributed by atoms with E-state index in [-0.39, 0.29) is 58.4 Å². The van der Waals surface area contributed by atoms with Gasteiger partial charge >= 0.3 is 0 Å². The van der Waals surface area contributed by atoms with E-state index >= 15 is 0 Å². The van der Waals surface area contributed by atoms with Crippen molar-refractivity contribution in [2.75, 3.05) is 76.4 Å². The van der Waals surface area contributed by atoms with E-state index in [0.29, 0.717) is 153 Å². The van der Waals surface area contributed by atoms with Gasteiger partial charge in [0.25, 0.3) is 5.91 Å². The van der Waals surface area contributed by atoms with Crippen LogP contribution in [0.5, 0.6) is 23.0 Å². The number of nitrogens with two attached hydrogens (primary N) is 5. The number of ether oxygens (including phenoxy) is 4. The van der Waals surface area contributed by atoms with Crippen molar-refractivity contribution in [1.82, 2.24) is 10.3 Å². The number of nitrogens with one attached hydrogen (secondary N) is 1. The Morgan fingerprint density at radius 2 is 0.981 bits per heavy atom. The molecule has 0 atom stereocenters. The highest BCUT2D eigenvalue weighted by Crippen LogP contribution is 2.38. The highest BCUT2D eigenvalue weighted by Gasteiger charge is 2.26. The van der Waals surface area contributed by atoms with Crippen LogP contribution in [0.25, 0.3) is 0 Å². The van der Waals surface area contributed by atoms with Gasteiger partial charge in [-0.3, -0.25) is 33.8 Å². The Kier molecular flexibility index (Phi) is 41.9. The maximum Gasteiger partial charge on any atom is 0.255 e. The Balaban J connectivity index is 0.000000473. The molecule has 0 bridgehead atoms. The minimum absolute atomic E-state index is 0.00438. The van der Waals surface area contributed by atoms with E-state index in [4.69, 9.17) is 47.6 Å². The maximum atomic E-state index is 13.8. The quantitative estimate of drug-likeness (QED) is 0.00693. The third-order valence-corrected chi connectivity index (χ3v) is 20.5. The van der Waals surface area contributed by atoms with E-state index in [1.807, 2.05) is 6.07 Å². The van der Waals surface area contributed by atoms with Crippen molar-refractivity contribution in [3.8, 4) is 23.0 Å². The molecule has 1 heterocycles. The van der Waals surface area contributed by atoms with E-state index in [9.17, 15) is 28.8 Å². The van der Waals surface area contributed by atoms with E-state index in [0.717, 1.165) is 140 Å². The van der Waals surface area contributed by atoms with Crippen molar-refractivity contribution in [2.24, 2.45) is 34.8 Å². The van der Waals surface area contributed by atoms with Gasteiger partial charge in [0.2, 0.25) is 0 Å². The lowest BCUT2D eigenvalue weighted by molar-refractivity contribution is 0.0942. The molecule has 5 rings (SSSR count). The molecular formula is C85H129N7O10S2. The van der Waals surface area contributed by atoms with Gasteiger partial charge in [0, 0.05) is 96.2 Å². The van der Waals surface area contributed by atoms with Crippen LogP contribution < -0.4 is 52.9 Å². The van der Waals surface area contributed by atoms with E-state index < -0.39 is 0 Å². The van der Waals surface area contributed by atoms with E-state index in [1.165, 1.54) is 24.8 Å². The maximum absolute atomic E-state index is 13.8. The number of unbranched alkanes of at least 4 members (excludes halogenated alkanes) is 13. The number of anilines is 1.